The molecular formula is C10H12O5. The van der Waals surface area contributed by atoms with Crippen LogP contribution in [0, 0.1) is 0 Å². The first-order valence-electron chi connectivity index (χ1n) is 4.46. The van der Waals surface area contributed by atoms with Crippen molar-refractivity contribution < 1.29 is 24.1 Å². The van der Waals surface area contributed by atoms with E-state index in [1.807, 2.05) is 0 Å². The third kappa shape index (κ3) is 1.45. The van der Waals surface area contributed by atoms with Crippen molar-refractivity contribution in [1.82, 2.24) is 0 Å². The third-order valence-electron chi connectivity index (χ3n) is 2.23. The van der Waals surface area contributed by atoms with Crippen LogP contribution < -0.4 is 18.9 Å². The largest absolute Gasteiger partial charge is 0.493 e. The van der Waals surface area contributed by atoms with Gasteiger partial charge in [0.25, 0.3) is 0 Å². The van der Waals surface area contributed by atoms with E-state index in [4.69, 9.17) is 24.1 Å². The van der Waals surface area contributed by atoms with Gasteiger partial charge in [-0.05, 0) is 6.07 Å². The van der Waals surface area contributed by atoms with E-state index in [1.54, 1.807) is 6.07 Å². The molecule has 0 saturated heterocycles. The van der Waals surface area contributed by atoms with Crippen molar-refractivity contribution in [2.24, 2.45) is 0 Å². The van der Waals surface area contributed by atoms with E-state index in [9.17, 15) is 0 Å². The van der Waals surface area contributed by atoms with Crippen molar-refractivity contribution in [2.45, 2.75) is 6.61 Å². The second-order valence-electron chi connectivity index (χ2n) is 2.99. The molecule has 0 spiro atoms. The maximum absolute atomic E-state index is 9.15. The van der Waals surface area contributed by atoms with E-state index in [0.717, 1.165) is 0 Å². The summed E-state index contributed by atoms with van der Waals surface area (Å²) in [5, 5.41) is 9.15. The molecular weight excluding hydrogens is 200 g/mol. The highest BCUT2D eigenvalue weighted by atomic mass is 16.7. The highest BCUT2D eigenvalue weighted by Gasteiger charge is 2.26. The molecule has 1 aromatic rings. The second-order valence-corrected chi connectivity index (χ2v) is 2.99. The standard InChI is InChI=1S/C10H12O5/c1-12-7-3-6(4-11)8-10(9(7)13-2)15-5-14-8/h3,11H,4-5H2,1-2H3. The van der Waals surface area contributed by atoms with Gasteiger partial charge < -0.3 is 24.1 Å². The molecule has 2 rings (SSSR count). The average Bonchev–Trinajstić information content (AvgIpc) is 2.75. The topological polar surface area (TPSA) is 57.2 Å². The minimum Gasteiger partial charge on any atom is -0.493 e. The second kappa shape index (κ2) is 3.86. The van der Waals surface area contributed by atoms with E-state index >= 15 is 0 Å². The minimum atomic E-state index is -0.133. The number of benzene rings is 1. The summed E-state index contributed by atoms with van der Waals surface area (Å²) in [4.78, 5) is 0. The number of rotatable bonds is 3. The van der Waals surface area contributed by atoms with Crippen LogP contribution in [0.25, 0.3) is 0 Å². The first kappa shape index (κ1) is 9.92. The van der Waals surface area contributed by atoms with E-state index in [0.29, 0.717) is 28.6 Å². The minimum absolute atomic E-state index is 0.131. The molecule has 0 bridgehead atoms. The summed E-state index contributed by atoms with van der Waals surface area (Å²) in [7, 11) is 3.06. The molecule has 0 aromatic heterocycles. The molecule has 0 fully saturated rings. The zero-order valence-corrected chi connectivity index (χ0v) is 8.57. The van der Waals surface area contributed by atoms with Crippen LogP contribution in [-0.2, 0) is 6.61 Å². The Labute approximate surface area is 87.1 Å². The van der Waals surface area contributed by atoms with Crippen molar-refractivity contribution in [1.29, 1.82) is 0 Å². The summed E-state index contributed by atoms with van der Waals surface area (Å²) < 4.78 is 20.8. The molecule has 1 aliphatic rings. The number of aliphatic hydroxyl groups excluding tert-OH is 1. The molecule has 0 saturated carbocycles. The molecule has 15 heavy (non-hydrogen) atoms. The summed E-state index contributed by atoms with van der Waals surface area (Å²) in [6.45, 7) is -0.00207. The molecule has 0 amide bonds. The fourth-order valence-corrected chi connectivity index (χ4v) is 1.55. The maximum Gasteiger partial charge on any atom is 0.231 e. The average molecular weight is 212 g/mol. The van der Waals surface area contributed by atoms with Crippen LogP contribution in [0.3, 0.4) is 0 Å². The lowest BCUT2D eigenvalue weighted by Crippen LogP contribution is -1.95. The third-order valence-corrected chi connectivity index (χ3v) is 2.23. The predicted molar refractivity (Wildman–Crippen MR) is 51.6 cm³/mol. The van der Waals surface area contributed by atoms with Gasteiger partial charge in [0, 0.05) is 5.56 Å². The summed E-state index contributed by atoms with van der Waals surface area (Å²) in [6.07, 6.45) is 0. The fraction of sp³-hybridized carbons (Fsp3) is 0.400. The first-order chi connectivity index (χ1) is 7.31. The van der Waals surface area contributed by atoms with Gasteiger partial charge in [-0.15, -0.1) is 0 Å². The number of methoxy groups -OCH3 is 2. The molecule has 82 valence electrons. The zero-order chi connectivity index (χ0) is 10.8. The van der Waals surface area contributed by atoms with Crippen molar-refractivity contribution in [2.75, 3.05) is 21.0 Å². The molecule has 0 aliphatic carbocycles. The maximum atomic E-state index is 9.15. The highest BCUT2D eigenvalue weighted by Crippen LogP contribution is 2.49. The Morgan fingerprint density at radius 3 is 2.60 bits per heavy atom. The van der Waals surface area contributed by atoms with Crippen molar-refractivity contribution >= 4 is 0 Å². The Balaban J connectivity index is 2.60. The predicted octanol–water partition coefficient (Wildman–Crippen LogP) is 0.925. The molecule has 5 heteroatoms. The SMILES string of the molecule is COc1cc(CO)c2c(c1OC)OCO2. The van der Waals surface area contributed by atoms with Crippen LogP contribution in [-0.4, -0.2) is 26.1 Å². The van der Waals surface area contributed by atoms with Crippen LogP contribution >= 0.6 is 0 Å². The van der Waals surface area contributed by atoms with E-state index in [2.05, 4.69) is 0 Å². The molecule has 5 nitrogen and oxygen atoms in total. The lowest BCUT2D eigenvalue weighted by molar-refractivity contribution is 0.168. The van der Waals surface area contributed by atoms with Gasteiger partial charge in [-0.2, -0.15) is 0 Å². The summed E-state index contributed by atoms with van der Waals surface area (Å²) in [6, 6.07) is 1.67. The summed E-state index contributed by atoms with van der Waals surface area (Å²) >= 11 is 0. The monoisotopic (exact) mass is 212 g/mol. The normalized spacial score (nSPS) is 12.7. The van der Waals surface area contributed by atoms with Crippen LogP contribution in [0.5, 0.6) is 23.0 Å². The smallest absolute Gasteiger partial charge is 0.231 e. The first-order valence-corrected chi connectivity index (χ1v) is 4.46. The van der Waals surface area contributed by atoms with Gasteiger partial charge >= 0.3 is 0 Å². The van der Waals surface area contributed by atoms with Crippen molar-refractivity contribution in [3.05, 3.63) is 11.6 Å². The van der Waals surface area contributed by atoms with Gasteiger partial charge in [-0.3, -0.25) is 0 Å². The van der Waals surface area contributed by atoms with Gasteiger partial charge in [0.15, 0.2) is 11.5 Å². The van der Waals surface area contributed by atoms with Crippen molar-refractivity contribution in [3.63, 3.8) is 0 Å². The number of fused-ring (bicyclic) bond motifs is 1. The van der Waals surface area contributed by atoms with Gasteiger partial charge in [0.05, 0.1) is 20.8 Å². The van der Waals surface area contributed by atoms with Gasteiger partial charge in [-0.25, -0.2) is 0 Å². The molecule has 1 aromatic carbocycles. The van der Waals surface area contributed by atoms with E-state index in [-0.39, 0.29) is 13.4 Å². The summed E-state index contributed by atoms with van der Waals surface area (Å²) in [5.74, 6) is 2.02. The van der Waals surface area contributed by atoms with Crippen LogP contribution in [0.15, 0.2) is 6.07 Å². The van der Waals surface area contributed by atoms with Crippen LogP contribution in [0.4, 0.5) is 0 Å². The van der Waals surface area contributed by atoms with E-state index in [1.165, 1.54) is 14.2 Å². The lowest BCUT2D eigenvalue weighted by Gasteiger charge is -2.12. The molecule has 1 N–H and O–H groups in total. The zero-order valence-electron chi connectivity index (χ0n) is 8.57. The quantitative estimate of drug-likeness (QED) is 0.807. The van der Waals surface area contributed by atoms with Crippen LogP contribution in [0.2, 0.25) is 0 Å². The van der Waals surface area contributed by atoms with Crippen molar-refractivity contribution in [3.8, 4) is 23.0 Å². The number of aliphatic hydroxyl groups is 1. The molecule has 0 unspecified atom stereocenters. The molecule has 1 aliphatic heterocycles. The van der Waals surface area contributed by atoms with E-state index < -0.39 is 0 Å². The Kier molecular flexibility index (Phi) is 2.55. The highest BCUT2D eigenvalue weighted by molar-refractivity contribution is 5.63. The van der Waals surface area contributed by atoms with Crippen LogP contribution in [0.1, 0.15) is 5.56 Å². The van der Waals surface area contributed by atoms with Gasteiger partial charge in [0.2, 0.25) is 18.3 Å². The Bertz CT molecular complexity index is 375. The Morgan fingerprint density at radius 2 is 2.00 bits per heavy atom. The fourth-order valence-electron chi connectivity index (χ4n) is 1.55. The molecule has 1 heterocycles. The molecule has 0 atom stereocenters. The number of hydrogen-bond donors (Lipinski definition) is 1. The Hall–Kier alpha value is -1.62. The summed E-state index contributed by atoms with van der Waals surface area (Å²) in [5.41, 5.74) is 0.625. The number of ether oxygens (including phenoxy) is 4. The van der Waals surface area contributed by atoms with Gasteiger partial charge in [-0.1, -0.05) is 0 Å². The Morgan fingerprint density at radius 1 is 1.27 bits per heavy atom. The lowest BCUT2D eigenvalue weighted by atomic mass is 10.1. The number of hydrogen-bond acceptors (Lipinski definition) is 5. The van der Waals surface area contributed by atoms with Gasteiger partial charge in [0.1, 0.15) is 0 Å². The molecule has 0 radical (unpaired) electrons.